The molecule has 0 spiro atoms. The molecular weight excluding hydrogens is 408 g/mol. The van der Waals surface area contributed by atoms with Gasteiger partial charge >= 0.3 is 0 Å². The summed E-state index contributed by atoms with van der Waals surface area (Å²) in [6.07, 6.45) is 0.413. The summed E-state index contributed by atoms with van der Waals surface area (Å²) in [5.41, 5.74) is 4.68. The minimum absolute atomic E-state index is 0.0413. The molecular formula is C28H30N4O. The maximum atomic E-state index is 12.9. The molecule has 2 heterocycles. The van der Waals surface area contributed by atoms with Crippen molar-refractivity contribution in [2.24, 2.45) is 0 Å². The Morgan fingerprint density at radius 3 is 2.36 bits per heavy atom. The molecule has 1 aliphatic heterocycles. The molecule has 0 N–H and O–H groups in total. The Morgan fingerprint density at radius 2 is 1.76 bits per heavy atom. The topological polar surface area (TPSA) is 60.2 Å². The first-order valence-electron chi connectivity index (χ1n) is 11.6. The molecule has 0 aliphatic carbocycles. The van der Waals surface area contributed by atoms with Gasteiger partial charge in [0, 0.05) is 31.2 Å². The third-order valence-electron chi connectivity index (χ3n) is 6.23. The number of amides is 1. The molecule has 168 valence electrons. The van der Waals surface area contributed by atoms with Crippen molar-refractivity contribution >= 4 is 11.7 Å². The lowest BCUT2D eigenvalue weighted by Gasteiger charge is -2.41. The molecule has 1 amide bonds. The van der Waals surface area contributed by atoms with Gasteiger partial charge in [-0.2, -0.15) is 5.26 Å². The minimum Gasteiger partial charge on any atom is -0.352 e. The molecule has 5 heteroatoms. The normalized spacial score (nSPS) is 16.0. The SMILES string of the molecule is CC(C)c1nc(N2CCN(C(=O)Cc3ccccc3)[C@@H](C)C2)c(C#N)cc1-c1ccccc1. The van der Waals surface area contributed by atoms with E-state index < -0.39 is 0 Å². The molecule has 5 nitrogen and oxygen atoms in total. The molecule has 0 unspecified atom stereocenters. The van der Waals surface area contributed by atoms with Gasteiger partial charge in [0.2, 0.25) is 5.91 Å². The highest BCUT2D eigenvalue weighted by molar-refractivity contribution is 5.79. The van der Waals surface area contributed by atoms with Crippen LogP contribution in [0.4, 0.5) is 5.82 Å². The highest BCUT2D eigenvalue weighted by Gasteiger charge is 2.30. The quantitative estimate of drug-likeness (QED) is 0.561. The predicted molar refractivity (Wildman–Crippen MR) is 132 cm³/mol. The number of benzene rings is 2. The summed E-state index contributed by atoms with van der Waals surface area (Å²) >= 11 is 0. The van der Waals surface area contributed by atoms with E-state index in [1.807, 2.05) is 59.5 Å². The van der Waals surface area contributed by atoms with E-state index in [0.717, 1.165) is 28.2 Å². The summed E-state index contributed by atoms with van der Waals surface area (Å²) < 4.78 is 0. The average molecular weight is 439 g/mol. The second-order valence-electron chi connectivity index (χ2n) is 8.97. The molecule has 0 saturated carbocycles. The van der Waals surface area contributed by atoms with Crippen LogP contribution in [0.5, 0.6) is 0 Å². The van der Waals surface area contributed by atoms with E-state index in [1.54, 1.807) is 0 Å². The van der Waals surface area contributed by atoms with Gasteiger partial charge in [-0.15, -0.1) is 0 Å². The molecule has 3 aromatic rings. The van der Waals surface area contributed by atoms with Gasteiger partial charge in [-0.3, -0.25) is 4.79 Å². The van der Waals surface area contributed by atoms with E-state index in [2.05, 4.69) is 43.9 Å². The van der Waals surface area contributed by atoms with Crippen LogP contribution < -0.4 is 4.90 Å². The van der Waals surface area contributed by atoms with Crippen LogP contribution in [0.25, 0.3) is 11.1 Å². The fourth-order valence-electron chi connectivity index (χ4n) is 4.52. The molecule has 2 aromatic carbocycles. The highest BCUT2D eigenvalue weighted by Crippen LogP contribution is 2.33. The van der Waals surface area contributed by atoms with Gasteiger partial charge in [0.25, 0.3) is 0 Å². The van der Waals surface area contributed by atoms with Crippen LogP contribution in [-0.2, 0) is 11.2 Å². The maximum Gasteiger partial charge on any atom is 0.227 e. The first-order chi connectivity index (χ1) is 16.0. The van der Waals surface area contributed by atoms with Gasteiger partial charge in [0.15, 0.2) is 0 Å². The number of hydrogen-bond donors (Lipinski definition) is 0. The Bertz CT molecular complexity index is 1150. The highest BCUT2D eigenvalue weighted by atomic mass is 16.2. The van der Waals surface area contributed by atoms with Gasteiger partial charge in [0.05, 0.1) is 17.7 Å². The summed E-state index contributed by atoms with van der Waals surface area (Å²) in [4.78, 5) is 22.1. The number of anilines is 1. The van der Waals surface area contributed by atoms with Crippen LogP contribution in [0.1, 0.15) is 43.5 Å². The average Bonchev–Trinajstić information content (AvgIpc) is 2.84. The Morgan fingerprint density at radius 1 is 1.09 bits per heavy atom. The molecule has 1 atom stereocenters. The van der Waals surface area contributed by atoms with E-state index in [9.17, 15) is 10.1 Å². The number of nitriles is 1. The van der Waals surface area contributed by atoms with E-state index in [4.69, 9.17) is 4.98 Å². The lowest BCUT2D eigenvalue weighted by Crippen LogP contribution is -2.54. The van der Waals surface area contributed by atoms with E-state index in [-0.39, 0.29) is 17.9 Å². The Balaban J connectivity index is 1.58. The van der Waals surface area contributed by atoms with Crippen molar-refractivity contribution in [1.29, 1.82) is 5.26 Å². The van der Waals surface area contributed by atoms with Crippen molar-refractivity contribution in [3.8, 4) is 17.2 Å². The van der Waals surface area contributed by atoms with Crippen molar-refractivity contribution in [3.63, 3.8) is 0 Å². The monoisotopic (exact) mass is 438 g/mol. The van der Waals surface area contributed by atoms with Crippen LogP contribution in [0, 0.1) is 11.3 Å². The molecule has 0 radical (unpaired) electrons. The van der Waals surface area contributed by atoms with Gasteiger partial charge in [0.1, 0.15) is 11.9 Å². The number of piperazine rings is 1. The van der Waals surface area contributed by atoms with E-state index in [0.29, 0.717) is 31.6 Å². The van der Waals surface area contributed by atoms with E-state index in [1.165, 1.54) is 0 Å². The van der Waals surface area contributed by atoms with Crippen molar-refractivity contribution in [2.45, 2.75) is 39.2 Å². The van der Waals surface area contributed by atoms with Gasteiger partial charge in [-0.1, -0.05) is 74.5 Å². The summed E-state index contributed by atoms with van der Waals surface area (Å²) in [5.74, 6) is 1.09. The Kier molecular flexibility index (Phi) is 6.74. The fourth-order valence-corrected chi connectivity index (χ4v) is 4.52. The summed E-state index contributed by atoms with van der Waals surface area (Å²) in [6.45, 7) is 8.28. The molecule has 0 bridgehead atoms. The van der Waals surface area contributed by atoms with Crippen LogP contribution in [0.2, 0.25) is 0 Å². The number of carbonyl (C=O) groups excluding carboxylic acids is 1. The zero-order valence-electron chi connectivity index (χ0n) is 19.5. The second kappa shape index (κ2) is 9.87. The van der Waals surface area contributed by atoms with E-state index >= 15 is 0 Å². The smallest absolute Gasteiger partial charge is 0.227 e. The van der Waals surface area contributed by atoms with Crippen molar-refractivity contribution in [1.82, 2.24) is 9.88 Å². The largest absolute Gasteiger partial charge is 0.352 e. The zero-order chi connectivity index (χ0) is 23.4. The molecule has 4 rings (SSSR count). The van der Waals surface area contributed by atoms with Crippen LogP contribution >= 0.6 is 0 Å². The Hall–Kier alpha value is -3.65. The lowest BCUT2D eigenvalue weighted by molar-refractivity contribution is -0.132. The molecule has 1 fully saturated rings. The summed E-state index contributed by atoms with van der Waals surface area (Å²) in [7, 11) is 0. The number of carbonyl (C=O) groups is 1. The number of hydrogen-bond acceptors (Lipinski definition) is 4. The predicted octanol–water partition coefficient (Wildman–Crippen LogP) is 5.02. The molecule has 1 aliphatic rings. The fraction of sp³-hybridized carbons (Fsp3) is 0.321. The second-order valence-corrected chi connectivity index (χ2v) is 8.97. The third kappa shape index (κ3) is 4.90. The number of rotatable bonds is 5. The lowest BCUT2D eigenvalue weighted by atomic mass is 9.95. The first kappa shape index (κ1) is 22.5. The van der Waals surface area contributed by atoms with Gasteiger partial charge in [-0.05, 0) is 30.0 Å². The standard InChI is InChI=1S/C28H30N4O/c1-20(2)27-25(23-12-8-5-9-13-23)17-24(18-29)28(30-27)31-14-15-32(21(3)19-31)26(33)16-22-10-6-4-7-11-22/h4-13,17,20-21H,14-16,19H2,1-3H3/t21-/m0/s1. The molecule has 1 saturated heterocycles. The van der Waals surface area contributed by atoms with Crippen LogP contribution in [-0.4, -0.2) is 41.5 Å². The number of pyridine rings is 1. The Labute approximate surface area is 196 Å². The number of aromatic nitrogens is 1. The number of nitrogens with zero attached hydrogens (tertiary/aromatic N) is 4. The summed E-state index contributed by atoms with van der Waals surface area (Å²) in [5, 5.41) is 9.94. The van der Waals surface area contributed by atoms with Crippen molar-refractivity contribution < 1.29 is 4.79 Å². The zero-order valence-corrected chi connectivity index (χ0v) is 19.5. The summed E-state index contributed by atoms with van der Waals surface area (Å²) in [6, 6.07) is 24.4. The maximum absolute atomic E-state index is 12.9. The first-order valence-corrected chi connectivity index (χ1v) is 11.6. The minimum atomic E-state index is 0.0413. The molecule has 1 aromatic heterocycles. The van der Waals surface area contributed by atoms with Gasteiger partial charge < -0.3 is 9.80 Å². The van der Waals surface area contributed by atoms with Crippen LogP contribution in [0.3, 0.4) is 0 Å². The van der Waals surface area contributed by atoms with Crippen molar-refractivity contribution in [2.75, 3.05) is 24.5 Å². The third-order valence-corrected chi connectivity index (χ3v) is 6.23. The van der Waals surface area contributed by atoms with Gasteiger partial charge in [-0.25, -0.2) is 4.98 Å². The van der Waals surface area contributed by atoms with Crippen LogP contribution in [0.15, 0.2) is 66.7 Å². The van der Waals surface area contributed by atoms with Crippen molar-refractivity contribution in [3.05, 3.63) is 83.6 Å². The molecule has 33 heavy (non-hydrogen) atoms.